The maximum absolute atomic E-state index is 13.7. The maximum Gasteiger partial charge on any atom is 0.260 e. The van der Waals surface area contributed by atoms with Gasteiger partial charge in [-0.25, -0.2) is 0 Å². The lowest BCUT2D eigenvalue weighted by Crippen LogP contribution is -2.37. The van der Waals surface area contributed by atoms with E-state index in [1.165, 1.54) is 47.0 Å². The van der Waals surface area contributed by atoms with E-state index in [1.807, 2.05) is 24.3 Å². The van der Waals surface area contributed by atoms with Crippen LogP contribution < -0.4 is 20.1 Å². The predicted molar refractivity (Wildman–Crippen MR) is 288 cm³/mol. The molecule has 1 heterocycles. The molecule has 0 saturated heterocycles. The van der Waals surface area contributed by atoms with Crippen molar-refractivity contribution in [3.63, 3.8) is 0 Å². The lowest BCUT2D eigenvalue weighted by molar-refractivity contribution is -0.128. The molecule has 0 radical (unpaired) electrons. The molecule has 0 aliphatic carbocycles. The summed E-state index contributed by atoms with van der Waals surface area (Å²) in [6, 6.07) is 16.4. The molecular formula is C56H78N2O8S4. The van der Waals surface area contributed by atoms with Gasteiger partial charge < -0.3 is 40.5 Å². The number of carbonyl (C=O) groups is 2. The minimum Gasteiger partial charge on any atom is -0.506 e. The number of aliphatic hydroxyl groups excluding tert-OH is 2. The van der Waals surface area contributed by atoms with E-state index >= 15 is 0 Å². The molecule has 10 nitrogen and oxygen atoms in total. The molecule has 70 heavy (non-hydrogen) atoms. The summed E-state index contributed by atoms with van der Waals surface area (Å²) in [6.45, 7) is 30.3. The first-order valence-corrected chi connectivity index (χ1v) is 27.8. The van der Waals surface area contributed by atoms with Gasteiger partial charge in [0.1, 0.15) is 23.0 Å². The van der Waals surface area contributed by atoms with E-state index in [1.54, 1.807) is 13.8 Å². The molecule has 0 spiro atoms. The number of aliphatic hydroxyl groups is 2. The molecule has 1 aliphatic heterocycles. The lowest BCUT2D eigenvalue weighted by atomic mass is 9.87. The fraction of sp³-hybridized carbons (Fsp3) is 0.536. The lowest BCUT2D eigenvalue weighted by Gasteiger charge is -2.28. The second kappa shape index (κ2) is 23.9. The number of carbonyl (C=O) groups excluding carboxylic acids is 2. The number of rotatable bonds is 16. The standard InChI is InChI=1S/C56H78N2O8S4/c1-33(51(63)57-21-17-15-19-23-59)65-49-43-29-37(55(9,10)11)30-44(49)68-40-26-36(54(6,7)8)28-42(48(40)62)70-46-32-38(56(12,13)14)31-45(50(46)66-34(2)52(64)58-22-18-16-20-24-60)69-41-27-35(53(3,4)5)25-39(67-43)47(41)61/h25-34,59-62H,15-24H2,1-14H3,(H,57,63)(H,58,64)/t33-,34-/m0/s1. The molecule has 0 saturated carbocycles. The maximum atomic E-state index is 13.7. The molecule has 5 rings (SSSR count). The van der Waals surface area contributed by atoms with Crippen LogP contribution in [0.3, 0.4) is 0 Å². The predicted octanol–water partition coefficient (Wildman–Crippen LogP) is 13.3. The van der Waals surface area contributed by atoms with Crippen LogP contribution in [0, 0.1) is 0 Å². The van der Waals surface area contributed by atoms with Crippen LogP contribution in [0.5, 0.6) is 23.0 Å². The molecule has 2 amide bonds. The zero-order valence-corrected chi connectivity index (χ0v) is 47.2. The Morgan fingerprint density at radius 2 is 0.686 bits per heavy atom. The van der Waals surface area contributed by atoms with Crippen LogP contribution in [-0.2, 0) is 31.2 Å². The number of hydrogen-bond donors (Lipinski definition) is 6. The quantitative estimate of drug-likeness (QED) is 0.0521. The van der Waals surface area contributed by atoms with E-state index in [0.717, 1.165) is 47.9 Å². The number of benzene rings is 4. The fourth-order valence-corrected chi connectivity index (χ4v) is 11.9. The summed E-state index contributed by atoms with van der Waals surface area (Å²) in [4.78, 5) is 32.6. The van der Waals surface area contributed by atoms with E-state index in [2.05, 4.69) is 118 Å². The van der Waals surface area contributed by atoms with Gasteiger partial charge in [0.05, 0.1) is 39.2 Å². The highest BCUT2D eigenvalue weighted by molar-refractivity contribution is 8.01. The average Bonchev–Trinajstić information content (AvgIpc) is 3.25. The molecular weight excluding hydrogens is 957 g/mol. The Bertz CT molecular complexity index is 2210. The van der Waals surface area contributed by atoms with Crippen molar-refractivity contribution in [2.75, 3.05) is 26.3 Å². The van der Waals surface area contributed by atoms with Crippen LogP contribution in [0.1, 0.15) is 158 Å². The van der Waals surface area contributed by atoms with E-state index < -0.39 is 12.2 Å². The zero-order chi connectivity index (χ0) is 51.9. The highest BCUT2D eigenvalue weighted by atomic mass is 32.2. The number of fused-ring (bicyclic) bond motifs is 8. The van der Waals surface area contributed by atoms with Crippen LogP contribution in [-0.4, -0.2) is 70.8 Å². The summed E-state index contributed by atoms with van der Waals surface area (Å²) in [5, 5.41) is 49.8. The topological polar surface area (TPSA) is 158 Å². The third-order valence-corrected chi connectivity index (χ3v) is 16.3. The van der Waals surface area contributed by atoms with Gasteiger partial charge in [-0.1, -0.05) is 130 Å². The number of hydrogen-bond acceptors (Lipinski definition) is 12. The van der Waals surface area contributed by atoms with Crippen molar-refractivity contribution in [3.8, 4) is 23.0 Å². The van der Waals surface area contributed by atoms with Gasteiger partial charge in [0, 0.05) is 26.3 Å². The summed E-state index contributed by atoms with van der Waals surface area (Å²) < 4.78 is 13.6. The molecule has 0 aromatic heterocycles. The number of amides is 2. The second-order valence-corrected chi connectivity index (χ2v) is 26.7. The molecule has 0 unspecified atom stereocenters. The van der Waals surface area contributed by atoms with Gasteiger partial charge in [0.15, 0.2) is 12.2 Å². The first-order valence-electron chi connectivity index (χ1n) is 24.6. The Hall–Kier alpha value is -3.66. The monoisotopic (exact) mass is 1030 g/mol. The molecule has 2 atom stereocenters. The summed E-state index contributed by atoms with van der Waals surface area (Å²) in [6.07, 6.45) is 2.56. The van der Waals surface area contributed by atoms with Gasteiger partial charge >= 0.3 is 0 Å². The molecule has 6 N–H and O–H groups in total. The third kappa shape index (κ3) is 15.2. The van der Waals surface area contributed by atoms with Gasteiger partial charge in [-0.15, -0.1) is 0 Å². The zero-order valence-electron chi connectivity index (χ0n) is 43.9. The molecule has 4 aromatic rings. The van der Waals surface area contributed by atoms with Crippen molar-refractivity contribution < 1.29 is 39.5 Å². The molecule has 1 aliphatic rings. The van der Waals surface area contributed by atoms with Crippen molar-refractivity contribution in [1.82, 2.24) is 10.6 Å². The summed E-state index contributed by atoms with van der Waals surface area (Å²) in [5.74, 6) is 0.501. The second-order valence-electron chi connectivity index (χ2n) is 22.3. The minimum absolute atomic E-state index is 0.0674. The first-order chi connectivity index (χ1) is 32.6. The molecule has 4 aromatic carbocycles. The Balaban J connectivity index is 1.84. The van der Waals surface area contributed by atoms with E-state index in [9.17, 15) is 30.0 Å². The van der Waals surface area contributed by atoms with Crippen molar-refractivity contribution >= 4 is 58.9 Å². The fourth-order valence-electron chi connectivity index (χ4n) is 7.37. The van der Waals surface area contributed by atoms with Gasteiger partial charge in [0.2, 0.25) is 0 Å². The van der Waals surface area contributed by atoms with E-state index in [4.69, 9.17) is 9.47 Å². The number of unbranched alkanes of at least 4 members (excludes halogenated alkanes) is 4. The van der Waals surface area contributed by atoms with Crippen LogP contribution >= 0.6 is 47.0 Å². The number of nitrogens with one attached hydrogen (secondary N) is 2. The van der Waals surface area contributed by atoms with E-state index in [-0.39, 0.29) is 58.2 Å². The van der Waals surface area contributed by atoms with Gasteiger partial charge in [-0.05, 0) is 145 Å². The van der Waals surface area contributed by atoms with Crippen LogP contribution in [0.4, 0.5) is 0 Å². The average molecular weight is 1040 g/mol. The number of phenolic OH excluding ortho intramolecular Hbond substituents is 2. The van der Waals surface area contributed by atoms with Crippen molar-refractivity contribution in [2.24, 2.45) is 0 Å². The smallest absolute Gasteiger partial charge is 0.260 e. The van der Waals surface area contributed by atoms with Gasteiger partial charge in [0.25, 0.3) is 11.8 Å². The van der Waals surface area contributed by atoms with Gasteiger partial charge in [-0.3, -0.25) is 9.59 Å². The molecule has 0 fully saturated rings. The molecule has 384 valence electrons. The minimum atomic E-state index is -0.903. The number of ether oxygens (including phenoxy) is 2. The van der Waals surface area contributed by atoms with Crippen molar-refractivity contribution in [1.29, 1.82) is 0 Å². The Morgan fingerprint density at radius 3 is 0.914 bits per heavy atom. The Labute approximate surface area is 435 Å². The normalized spacial score (nSPS) is 14.2. The third-order valence-electron chi connectivity index (χ3n) is 12.1. The highest BCUT2D eigenvalue weighted by Crippen LogP contribution is 2.56. The summed E-state index contributed by atoms with van der Waals surface area (Å²) in [7, 11) is 0. The van der Waals surface area contributed by atoms with E-state index in [0.29, 0.717) is 76.6 Å². The van der Waals surface area contributed by atoms with Crippen LogP contribution in [0.2, 0.25) is 0 Å². The number of aromatic hydroxyl groups is 2. The molecule has 14 heteroatoms. The number of phenols is 2. The van der Waals surface area contributed by atoms with Crippen LogP contribution in [0.15, 0.2) is 87.7 Å². The largest absolute Gasteiger partial charge is 0.506 e. The Morgan fingerprint density at radius 1 is 0.443 bits per heavy atom. The van der Waals surface area contributed by atoms with Crippen LogP contribution in [0.25, 0.3) is 0 Å². The Kier molecular flexibility index (Phi) is 19.6. The summed E-state index contributed by atoms with van der Waals surface area (Å²) in [5.41, 5.74) is 2.66. The highest BCUT2D eigenvalue weighted by Gasteiger charge is 2.31. The van der Waals surface area contributed by atoms with Crippen molar-refractivity contribution in [2.45, 2.75) is 208 Å². The van der Waals surface area contributed by atoms with Crippen molar-refractivity contribution in [3.05, 3.63) is 70.8 Å². The first kappa shape index (κ1) is 57.2. The van der Waals surface area contributed by atoms with Gasteiger partial charge in [-0.2, -0.15) is 0 Å². The summed E-state index contributed by atoms with van der Waals surface area (Å²) >= 11 is 5.50. The molecule has 8 bridgehead atoms. The SMILES string of the molecule is C[C@H](Oc1c2cc(C(C)(C)C)cc1Sc1cc(C(C)(C)C)cc(c1O)Sc1cc(C(C)(C)C)cc(c1O[C@@H](C)C(=O)NCCCCCO)Sc1cc(C(C)(C)C)cc(c1O)S2)C(=O)NCCCCCO.